The van der Waals surface area contributed by atoms with Gasteiger partial charge in [-0.15, -0.1) is 10.2 Å². The highest BCUT2D eigenvalue weighted by Crippen LogP contribution is 2.28. The fourth-order valence-corrected chi connectivity index (χ4v) is 2.87. The molecule has 0 radical (unpaired) electrons. The lowest BCUT2D eigenvalue weighted by atomic mass is 9.97. The molecule has 1 aromatic heterocycles. The summed E-state index contributed by atoms with van der Waals surface area (Å²) in [6.45, 7) is 7.02. The molecule has 1 fully saturated rings. The van der Waals surface area contributed by atoms with Gasteiger partial charge in [0.05, 0.1) is 5.92 Å². The second-order valence-electron chi connectivity index (χ2n) is 6.19. The predicted molar refractivity (Wildman–Crippen MR) is 79.6 cm³/mol. The molecule has 1 saturated heterocycles. The summed E-state index contributed by atoms with van der Waals surface area (Å²) in [5.74, 6) is -1.13. The largest absolute Gasteiger partial charge is 0.481 e. The molecule has 0 bridgehead atoms. The number of nitrogens with one attached hydrogen (secondary N) is 1. The van der Waals surface area contributed by atoms with Crippen LogP contribution >= 0.6 is 11.3 Å². The Bertz CT molecular complexity index is 530. The van der Waals surface area contributed by atoms with Crippen molar-refractivity contribution in [3.8, 4) is 0 Å². The number of piperidine rings is 1. The van der Waals surface area contributed by atoms with Crippen LogP contribution < -0.4 is 5.32 Å². The number of hydrogen-bond acceptors (Lipinski definition) is 5. The molecule has 2 N–H and O–H groups in total. The van der Waals surface area contributed by atoms with Crippen molar-refractivity contribution in [2.75, 3.05) is 18.4 Å². The molecule has 1 aliphatic rings. The molecule has 2 heterocycles. The number of anilines is 1. The molecule has 2 rings (SSSR count). The molecule has 1 aromatic rings. The number of urea groups is 1. The van der Waals surface area contributed by atoms with Crippen LogP contribution in [-0.4, -0.2) is 45.3 Å². The first-order valence-corrected chi connectivity index (χ1v) is 7.72. The second kappa shape index (κ2) is 5.97. The summed E-state index contributed by atoms with van der Waals surface area (Å²) in [5.41, 5.74) is -0.0967. The lowest BCUT2D eigenvalue weighted by Gasteiger charge is -2.29. The van der Waals surface area contributed by atoms with Crippen LogP contribution in [0.4, 0.5) is 9.93 Å². The number of carbonyl (C=O) groups excluding carboxylic acids is 1. The third-order valence-corrected chi connectivity index (χ3v) is 4.68. The highest BCUT2D eigenvalue weighted by molar-refractivity contribution is 7.15. The third-order valence-electron chi connectivity index (χ3n) is 3.41. The first-order valence-electron chi connectivity index (χ1n) is 6.90. The Morgan fingerprint density at radius 3 is 2.38 bits per heavy atom. The molecule has 0 spiro atoms. The van der Waals surface area contributed by atoms with Crippen molar-refractivity contribution in [2.45, 2.75) is 39.0 Å². The van der Waals surface area contributed by atoms with E-state index >= 15 is 0 Å². The van der Waals surface area contributed by atoms with Crippen LogP contribution in [0.5, 0.6) is 0 Å². The molecule has 7 nitrogen and oxygen atoms in total. The van der Waals surface area contributed by atoms with E-state index in [2.05, 4.69) is 15.5 Å². The molecule has 0 aromatic carbocycles. The van der Waals surface area contributed by atoms with Crippen molar-refractivity contribution in [1.82, 2.24) is 15.1 Å². The molecular formula is C13H20N4O3S. The summed E-state index contributed by atoms with van der Waals surface area (Å²) in [5, 5.41) is 21.1. The average molecular weight is 312 g/mol. The molecule has 21 heavy (non-hydrogen) atoms. The second-order valence-corrected chi connectivity index (χ2v) is 7.17. The summed E-state index contributed by atoms with van der Waals surface area (Å²) < 4.78 is 0. The van der Waals surface area contributed by atoms with Gasteiger partial charge < -0.3 is 10.0 Å². The van der Waals surface area contributed by atoms with Gasteiger partial charge >= 0.3 is 12.0 Å². The zero-order chi connectivity index (χ0) is 15.6. The summed E-state index contributed by atoms with van der Waals surface area (Å²) in [6, 6.07) is -0.240. The first-order chi connectivity index (χ1) is 9.77. The number of carbonyl (C=O) groups is 2. The Labute approximate surface area is 127 Å². The summed E-state index contributed by atoms with van der Waals surface area (Å²) >= 11 is 1.36. The summed E-state index contributed by atoms with van der Waals surface area (Å²) in [6.07, 6.45) is 0.984. The van der Waals surface area contributed by atoms with Crippen LogP contribution in [0.15, 0.2) is 0 Å². The normalized spacial score (nSPS) is 16.8. The Morgan fingerprint density at radius 1 is 1.29 bits per heavy atom. The Balaban J connectivity index is 1.91. The van der Waals surface area contributed by atoms with Gasteiger partial charge in [-0.3, -0.25) is 10.1 Å². The van der Waals surface area contributed by atoms with Gasteiger partial charge in [-0.2, -0.15) is 0 Å². The molecule has 0 unspecified atom stereocenters. The molecule has 2 amide bonds. The molecule has 1 aliphatic heterocycles. The highest BCUT2D eigenvalue weighted by atomic mass is 32.1. The summed E-state index contributed by atoms with van der Waals surface area (Å²) in [4.78, 5) is 24.6. The van der Waals surface area contributed by atoms with E-state index in [1.165, 1.54) is 11.3 Å². The Hall–Kier alpha value is -1.70. The van der Waals surface area contributed by atoms with Crippen molar-refractivity contribution in [3.05, 3.63) is 5.01 Å². The lowest BCUT2D eigenvalue weighted by molar-refractivity contribution is -0.143. The number of nitrogens with zero attached hydrogens (tertiary/aromatic N) is 3. The zero-order valence-corrected chi connectivity index (χ0v) is 13.2. The van der Waals surface area contributed by atoms with E-state index in [0.717, 1.165) is 5.01 Å². The molecule has 8 heteroatoms. The smallest absolute Gasteiger partial charge is 0.323 e. The van der Waals surface area contributed by atoms with Gasteiger partial charge in [-0.05, 0) is 12.8 Å². The molecule has 0 atom stereocenters. The average Bonchev–Trinajstić information content (AvgIpc) is 2.87. The van der Waals surface area contributed by atoms with E-state index in [-0.39, 0.29) is 17.4 Å². The maximum absolute atomic E-state index is 12.1. The fourth-order valence-electron chi connectivity index (χ4n) is 2.08. The standard InChI is InChI=1S/C13H20N4O3S/c1-13(2,3)10-15-16-11(21-10)14-12(20)17-6-4-8(5-7-17)9(18)19/h8H,4-7H2,1-3H3,(H,18,19)(H,14,16,20). The Kier molecular flexibility index (Phi) is 4.46. The number of carboxylic acids is 1. The minimum Gasteiger partial charge on any atom is -0.481 e. The number of rotatable bonds is 2. The van der Waals surface area contributed by atoms with Crippen LogP contribution in [0.2, 0.25) is 0 Å². The number of hydrogen-bond donors (Lipinski definition) is 2. The van der Waals surface area contributed by atoms with E-state index in [0.29, 0.717) is 31.1 Å². The van der Waals surface area contributed by atoms with Gasteiger partial charge in [0.25, 0.3) is 0 Å². The van der Waals surface area contributed by atoms with Crippen LogP contribution in [0.3, 0.4) is 0 Å². The number of likely N-dealkylation sites (tertiary alicyclic amines) is 1. The van der Waals surface area contributed by atoms with E-state index in [1.54, 1.807) is 4.90 Å². The number of carboxylic acid groups (broad SMARTS) is 1. The predicted octanol–water partition coefficient (Wildman–Crippen LogP) is 2.16. The number of aliphatic carboxylic acids is 1. The van der Waals surface area contributed by atoms with E-state index in [9.17, 15) is 9.59 Å². The van der Waals surface area contributed by atoms with Crippen molar-refractivity contribution >= 4 is 28.5 Å². The SMILES string of the molecule is CC(C)(C)c1nnc(NC(=O)N2CCC(C(=O)O)CC2)s1. The van der Waals surface area contributed by atoms with Crippen molar-refractivity contribution in [2.24, 2.45) is 5.92 Å². The number of aromatic nitrogens is 2. The number of amides is 2. The minimum absolute atomic E-state index is 0.0967. The molecule has 116 valence electrons. The maximum atomic E-state index is 12.1. The van der Waals surface area contributed by atoms with Gasteiger partial charge in [0.2, 0.25) is 5.13 Å². The maximum Gasteiger partial charge on any atom is 0.323 e. The highest BCUT2D eigenvalue weighted by Gasteiger charge is 2.27. The van der Waals surface area contributed by atoms with Crippen LogP contribution in [-0.2, 0) is 10.2 Å². The van der Waals surface area contributed by atoms with E-state index in [1.807, 2.05) is 20.8 Å². The van der Waals surface area contributed by atoms with Crippen molar-refractivity contribution < 1.29 is 14.7 Å². The topological polar surface area (TPSA) is 95.4 Å². The zero-order valence-electron chi connectivity index (χ0n) is 12.4. The van der Waals surface area contributed by atoms with Gasteiger partial charge in [0, 0.05) is 18.5 Å². The van der Waals surface area contributed by atoms with Crippen molar-refractivity contribution in [1.29, 1.82) is 0 Å². The summed E-state index contributed by atoms with van der Waals surface area (Å²) in [7, 11) is 0. The van der Waals surface area contributed by atoms with Gasteiger partial charge in [-0.25, -0.2) is 4.79 Å². The van der Waals surface area contributed by atoms with E-state index in [4.69, 9.17) is 5.11 Å². The van der Waals surface area contributed by atoms with Gasteiger partial charge in [-0.1, -0.05) is 32.1 Å². The molecule has 0 saturated carbocycles. The monoisotopic (exact) mass is 312 g/mol. The lowest BCUT2D eigenvalue weighted by Crippen LogP contribution is -2.42. The van der Waals surface area contributed by atoms with Crippen LogP contribution in [0, 0.1) is 5.92 Å². The quantitative estimate of drug-likeness (QED) is 0.872. The van der Waals surface area contributed by atoms with Crippen molar-refractivity contribution in [3.63, 3.8) is 0 Å². The molecule has 0 aliphatic carbocycles. The first kappa shape index (κ1) is 15.7. The van der Waals surface area contributed by atoms with Gasteiger partial charge in [0.15, 0.2) is 0 Å². The molecular weight excluding hydrogens is 292 g/mol. The minimum atomic E-state index is -0.783. The Morgan fingerprint density at radius 2 is 1.90 bits per heavy atom. The van der Waals surface area contributed by atoms with Crippen LogP contribution in [0.1, 0.15) is 38.6 Å². The fraction of sp³-hybridized carbons (Fsp3) is 0.692. The van der Waals surface area contributed by atoms with Crippen LogP contribution in [0.25, 0.3) is 0 Å². The van der Waals surface area contributed by atoms with Gasteiger partial charge in [0.1, 0.15) is 5.01 Å². The van der Waals surface area contributed by atoms with E-state index < -0.39 is 5.97 Å². The third kappa shape index (κ3) is 3.90.